The Balaban J connectivity index is 0.977. The number of urea groups is 1. The molecule has 4 aliphatic rings. The standard InChI is InChI=1S/C29H28F3N7O5/c30-18-2-4-20-22(14-18)44-34-25(20)37-11-9-36(10-12-37)23-5-7-35(16-29(23,31)32)15-17-1-3-19-21(13-17)27(42)39(26(19)41)38-8-6-24(40)33-28(38)43/h1-4,13-14,23H,5-12,15-16H2,(H,33,40,43). The van der Waals surface area contributed by atoms with Gasteiger partial charge in [-0.1, -0.05) is 11.2 Å². The largest absolute Gasteiger partial charge is 0.354 e. The van der Waals surface area contributed by atoms with E-state index in [1.54, 1.807) is 17.0 Å². The number of hydrazine groups is 1. The molecule has 12 nitrogen and oxygen atoms in total. The first-order valence-corrected chi connectivity index (χ1v) is 14.4. The van der Waals surface area contributed by atoms with Crippen LogP contribution in [0.15, 0.2) is 40.9 Å². The molecular formula is C29H28F3N7O5. The summed E-state index contributed by atoms with van der Waals surface area (Å²) in [5, 5.41) is 8.48. The van der Waals surface area contributed by atoms with E-state index < -0.39 is 48.1 Å². The van der Waals surface area contributed by atoms with Crippen molar-refractivity contribution >= 4 is 40.5 Å². The number of nitrogens with zero attached hydrogens (tertiary/aromatic N) is 6. The molecule has 0 radical (unpaired) electrons. The third-order valence-corrected chi connectivity index (χ3v) is 8.72. The fourth-order valence-electron chi connectivity index (χ4n) is 6.55. The molecule has 0 bridgehead atoms. The Hall–Kier alpha value is -4.50. The molecule has 1 unspecified atom stereocenters. The summed E-state index contributed by atoms with van der Waals surface area (Å²) in [6.45, 7) is 1.78. The monoisotopic (exact) mass is 611 g/mol. The van der Waals surface area contributed by atoms with Crippen LogP contribution in [0.2, 0.25) is 0 Å². The van der Waals surface area contributed by atoms with E-state index in [1.165, 1.54) is 24.3 Å². The predicted molar refractivity (Wildman–Crippen MR) is 148 cm³/mol. The molecular weight excluding hydrogens is 583 g/mol. The summed E-state index contributed by atoms with van der Waals surface area (Å²) in [4.78, 5) is 55.2. The van der Waals surface area contributed by atoms with E-state index in [0.29, 0.717) is 55.1 Å². The molecule has 1 atom stereocenters. The van der Waals surface area contributed by atoms with Crippen LogP contribution in [0.25, 0.3) is 11.0 Å². The number of piperazine rings is 1. The highest BCUT2D eigenvalue weighted by Gasteiger charge is 2.48. The van der Waals surface area contributed by atoms with Crippen molar-refractivity contribution in [3.63, 3.8) is 0 Å². The summed E-state index contributed by atoms with van der Waals surface area (Å²) < 4.78 is 49.9. The molecule has 230 valence electrons. The summed E-state index contributed by atoms with van der Waals surface area (Å²) in [6, 6.07) is 7.02. The van der Waals surface area contributed by atoms with Gasteiger partial charge < -0.3 is 9.42 Å². The minimum absolute atomic E-state index is 0.0503. The molecule has 1 aromatic heterocycles. The van der Waals surface area contributed by atoms with Gasteiger partial charge in [-0.05, 0) is 36.2 Å². The first-order chi connectivity index (χ1) is 21.1. The quantitative estimate of drug-likeness (QED) is 0.434. The van der Waals surface area contributed by atoms with E-state index in [-0.39, 0.29) is 37.1 Å². The summed E-state index contributed by atoms with van der Waals surface area (Å²) in [5.41, 5.74) is 1.12. The van der Waals surface area contributed by atoms with Crippen LogP contribution in [0, 0.1) is 5.82 Å². The van der Waals surface area contributed by atoms with Crippen LogP contribution in [0.5, 0.6) is 0 Å². The molecule has 5 amide bonds. The fourth-order valence-corrected chi connectivity index (χ4v) is 6.55. The number of rotatable bonds is 5. The number of likely N-dealkylation sites (tertiary alicyclic amines) is 1. The van der Waals surface area contributed by atoms with Crippen molar-refractivity contribution in [2.45, 2.75) is 31.4 Å². The Labute approximate surface area is 248 Å². The lowest BCUT2D eigenvalue weighted by Crippen LogP contribution is -2.61. The van der Waals surface area contributed by atoms with Crippen LogP contribution in [0.3, 0.4) is 0 Å². The number of carbonyl (C=O) groups is 4. The lowest BCUT2D eigenvalue weighted by Gasteiger charge is -2.46. The van der Waals surface area contributed by atoms with Gasteiger partial charge in [0.1, 0.15) is 5.82 Å². The molecule has 5 heterocycles. The summed E-state index contributed by atoms with van der Waals surface area (Å²) in [7, 11) is 0. The Bertz CT molecular complexity index is 1690. The Morgan fingerprint density at radius 2 is 1.70 bits per heavy atom. The number of benzene rings is 2. The van der Waals surface area contributed by atoms with Crippen molar-refractivity contribution in [1.29, 1.82) is 0 Å². The lowest BCUT2D eigenvalue weighted by atomic mass is 9.97. The minimum Gasteiger partial charge on any atom is -0.354 e. The van der Waals surface area contributed by atoms with Crippen molar-refractivity contribution in [2.24, 2.45) is 0 Å². The van der Waals surface area contributed by atoms with Gasteiger partial charge in [0.25, 0.3) is 17.7 Å². The molecule has 2 aromatic carbocycles. The average Bonchev–Trinajstić information content (AvgIpc) is 3.51. The molecule has 1 N–H and O–H groups in total. The highest BCUT2D eigenvalue weighted by Crippen LogP contribution is 2.35. The summed E-state index contributed by atoms with van der Waals surface area (Å²) in [5.74, 6) is -4.71. The highest BCUT2D eigenvalue weighted by atomic mass is 19.3. The van der Waals surface area contributed by atoms with Gasteiger partial charge in [0.05, 0.1) is 35.6 Å². The zero-order valence-corrected chi connectivity index (χ0v) is 23.5. The van der Waals surface area contributed by atoms with Gasteiger partial charge in [0, 0.05) is 51.8 Å². The second kappa shape index (κ2) is 10.6. The van der Waals surface area contributed by atoms with E-state index in [9.17, 15) is 23.6 Å². The fraction of sp³-hybridized carbons (Fsp3) is 0.414. The number of carbonyl (C=O) groups excluding carboxylic acids is 4. The van der Waals surface area contributed by atoms with E-state index in [2.05, 4.69) is 10.5 Å². The van der Waals surface area contributed by atoms with Crippen LogP contribution in [-0.2, 0) is 11.3 Å². The Morgan fingerprint density at radius 3 is 2.45 bits per heavy atom. The molecule has 44 heavy (non-hydrogen) atoms. The van der Waals surface area contributed by atoms with Crippen LogP contribution in [0.1, 0.15) is 39.1 Å². The molecule has 3 aromatic rings. The van der Waals surface area contributed by atoms with E-state index in [1.807, 2.05) is 9.80 Å². The maximum atomic E-state index is 15.5. The average molecular weight is 612 g/mol. The van der Waals surface area contributed by atoms with Gasteiger partial charge in [-0.15, -0.1) is 0 Å². The smallest absolute Gasteiger partial charge is 0.343 e. The predicted octanol–water partition coefficient (Wildman–Crippen LogP) is 2.45. The summed E-state index contributed by atoms with van der Waals surface area (Å²) >= 11 is 0. The third-order valence-electron chi connectivity index (χ3n) is 8.72. The number of hydrogen-bond acceptors (Lipinski definition) is 9. The first kappa shape index (κ1) is 28.3. The number of halogens is 3. The second-order valence-corrected chi connectivity index (χ2v) is 11.5. The Morgan fingerprint density at radius 1 is 0.932 bits per heavy atom. The SMILES string of the molecule is O=C1CCN(N2C(=O)c3ccc(CN4CCC(N5CCN(c6noc7cc(F)ccc67)CC5)C(F)(F)C4)cc3C2=O)C(=O)N1. The lowest BCUT2D eigenvalue weighted by molar-refractivity contribution is -0.129. The highest BCUT2D eigenvalue weighted by molar-refractivity contribution is 6.22. The van der Waals surface area contributed by atoms with Gasteiger partial charge >= 0.3 is 6.03 Å². The van der Waals surface area contributed by atoms with Gasteiger partial charge in [-0.2, -0.15) is 5.01 Å². The topological polar surface area (TPSA) is 123 Å². The second-order valence-electron chi connectivity index (χ2n) is 11.5. The zero-order chi connectivity index (χ0) is 30.7. The summed E-state index contributed by atoms with van der Waals surface area (Å²) in [6.07, 6.45) is 0.198. The molecule has 15 heteroatoms. The normalized spacial score (nSPS) is 23.1. The number of imide groups is 2. The first-order valence-electron chi connectivity index (χ1n) is 14.4. The van der Waals surface area contributed by atoms with E-state index in [0.717, 1.165) is 10.0 Å². The molecule has 0 aliphatic carbocycles. The zero-order valence-electron chi connectivity index (χ0n) is 23.5. The number of piperidine rings is 1. The van der Waals surface area contributed by atoms with Crippen molar-refractivity contribution in [2.75, 3.05) is 50.7 Å². The van der Waals surface area contributed by atoms with Crippen molar-refractivity contribution < 1.29 is 36.9 Å². The Kier molecular flexibility index (Phi) is 6.81. The molecule has 7 rings (SSSR count). The van der Waals surface area contributed by atoms with Crippen LogP contribution >= 0.6 is 0 Å². The molecule has 0 spiro atoms. The third kappa shape index (κ3) is 4.85. The van der Waals surface area contributed by atoms with E-state index in [4.69, 9.17) is 4.52 Å². The van der Waals surface area contributed by atoms with Crippen LogP contribution in [-0.4, -0.2) is 107 Å². The molecule has 4 aliphatic heterocycles. The number of hydrogen-bond donors (Lipinski definition) is 1. The molecule has 0 saturated carbocycles. The van der Waals surface area contributed by atoms with Crippen LogP contribution < -0.4 is 10.2 Å². The maximum absolute atomic E-state index is 15.5. The maximum Gasteiger partial charge on any atom is 0.343 e. The van der Waals surface area contributed by atoms with E-state index >= 15 is 8.78 Å². The number of nitrogens with one attached hydrogen (secondary N) is 1. The van der Waals surface area contributed by atoms with Crippen molar-refractivity contribution in [3.05, 3.63) is 58.9 Å². The molecule has 3 saturated heterocycles. The number of anilines is 1. The number of aromatic nitrogens is 1. The van der Waals surface area contributed by atoms with Gasteiger partial charge in [-0.3, -0.25) is 29.5 Å². The van der Waals surface area contributed by atoms with Crippen molar-refractivity contribution in [3.8, 4) is 0 Å². The van der Waals surface area contributed by atoms with Gasteiger partial charge in [-0.25, -0.2) is 23.0 Å². The van der Waals surface area contributed by atoms with Gasteiger partial charge in [0.2, 0.25) is 5.91 Å². The minimum atomic E-state index is -2.99. The number of alkyl halides is 2. The van der Waals surface area contributed by atoms with Gasteiger partial charge in [0.15, 0.2) is 11.4 Å². The number of fused-ring (bicyclic) bond motifs is 2. The molecule has 3 fully saturated rings. The number of amides is 5. The van der Waals surface area contributed by atoms with Crippen LogP contribution in [0.4, 0.5) is 23.8 Å². The van der Waals surface area contributed by atoms with Crippen molar-refractivity contribution in [1.82, 2.24) is 30.3 Å².